The highest BCUT2D eigenvalue weighted by atomic mass is 16.5. The Morgan fingerprint density at radius 2 is 2.18 bits per heavy atom. The Kier molecular flexibility index (Phi) is 4.55. The summed E-state index contributed by atoms with van der Waals surface area (Å²) < 4.78 is 5.22. The van der Waals surface area contributed by atoms with E-state index in [1.807, 2.05) is 6.92 Å². The minimum absolute atomic E-state index is 0.0946. The number of rotatable bonds is 6. The van der Waals surface area contributed by atoms with E-state index in [-0.39, 0.29) is 12.6 Å². The number of benzene rings is 1. The first-order valence-corrected chi connectivity index (χ1v) is 7.86. The second-order valence-corrected chi connectivity index (χ2v) is 6.28. The van der Waals surface area contributed by atoms with E-state index >= 15 is 0 Å². The van der Waals surface area contributed by atoms with Crippen molar-refractivity contribution in [1.82, 2.24) is 15.5 Å². The molecule has 1 aromatic carbocycles. The molecule has 5 heteroatoms. The molecule has 1 saturated carbocycles. The molecule has 0 saturated heterocycles. The number of aliphatic hydroxyl groups excluding tert-OH is 1. The molecule has 1 aliphatic carbocycles. The molecule has 0 aliphatic heterocycles. The lowest BCUT2D eigenvalue weighted by atomic mass is 9.79. The fourth-order valence-corrected chi connectivity index (χ4v) is 3.07. The lowest BCUT2D eigenvalue weighted by molar-refractivity contribution is 0.180. The lowest BCUT2D eigenvalue weighted by Crippen LogP contribution is -2.47. The van der Waals surface area contributed by atoms with E-state index in [0.29, 0.717) is 17.8 Å². The van der Waals surface area contributed by atoms with Crippen LogP contribution in [0.2, 0.25) is 0 Å². The first-order valence-electron chi connectivity index (χ1n) is 7.86. The SMILES string of the molecule is Cc1cccc(CC(CO)NC2CC(c3nc(C)no3)C2)c1. The van der Waals surface area contributed by atoms with Gasteiger partial charge in [0.1, 0.15) is 0 Å². The number of nitrogens with zero attached hydrogens (tertiary/aromatic N) is 2. The van der Waals surface area contributed by atoms with Gasteiger partial charge >= 0.3 is 0 Å². The minimum atomic E-state index is 0.0946. The third kappa shape index (κ3) is 3.54. The number of aromatic nitrogens is 2. The monoisotopic (exact) mass is 301 g/mol. The van der Waals surface area contributed by atoms with Crippen LogP contribution in [-0.2, 0) is 6.42 Å². The van der Waals surface area contributed by atoms with Crippen LogP contribution >= 0.6 is 0 Å². The topological polar surface area (TPSA) is 71.2 Å². The average Bonchev–Trinajstić information content (AvgIpc) is 2.87. The molecule has 1 unspecified atom stereocenters. The summed E-state index contributed by atoms with van der Waals surface area (Å²) in [6, 6.07) is 8.96. The van der Waals surface area contributed by atoms with Gasteiger partial charge < -0.3 is 14.9 Å². The highest BCUT2D eigenvalue weighted by Crippen LogP contribution is 2.36. The number of aryl methyl sites for hydroxylation is 2. The predicted octanol–water partition coefficient (Wildman–Crippen LogP) is 2.13. The number of hydrogen-bond acceptors (Lipinski definition) is 5. The maximum Gasteiger partial charge on any atom is 0.229 e. The molecule has 1 fully saturated rings. The highest BCUT2D eigenvalue weighted by molar-refractivity contribution is 5.23. The van der Waals surface area contributed by atoms with Crippen molar-refractivity contribution in [3.05, 3.63) is 47.1 Å². The van der Waals surface area contributed by atoms with Gasteiger partial charge in [0, 0.05) is 18.0 Å². The number of nitrogens with one attached hydrogen (secondary N) is 1. The first-order chi connectivity index (χ1) is 10.6. The Labute approximate surface area is 130 Å². The molecule has 0 bridgehead atoms. The van der Waals surface area contributed by atoms with Crippen LogP contribution in [0.25, 0.3) is 0 Å². The van der Waals surface area contributed by atoms with Gasteiger partial charge in [-0.15, -0.1) is 0 Å². The van der Waals surface area contributed by atoms with Crippen molar-refractivity contribution in [3.63, 3.8) is 0 Å². The van der Waals surface area contributed by atoms with Gasteiger partial charge in [-0.3, -0.25) is 0 Å². The van der Waals surface area contributed by atoms with Crippen LogP contribution in [0.5, 0.6) is 0 Å². The van der Waals surface area contributed by atoms with Crippen LogP contribution < -0.4 is 5.32 Å². The summed E-state index contributed by atoms with van der Waals surface area (Å²) in [4.78, 5) is 4.29. The van der Waals surface area contributed by atoms with Crippen molar-refractivity contribution in [2.45, 2.75) is 51.1 Å². The minimum Gasteiger partial charge on any atom is -0.395 e. The molecule has 118 valence electrons. The van der Waals surface area contributed by atoms with E-state index in [4.69, 9.17) is 4.52 Å². The molecule has 0 radical (unpaired) electrons. The fourth-order valence-electron chi connectivity index (χ4n) is 3.07. The summed E-state index contributed by atoms with van der Waals surface area (Å²) in [6.45, 7) is 4.08. The molecule has 2 N–H and O–H groups in total. The summed E-state index contributed by atoms with van der Waals surface area (Å²) in [7, 11) is 0. The van der Waals surface area contributed by atoms with Crippen LogP contribution in [-0.4, -0.2) is 33.9 Å². The van der Waals surface area contributed by atoms with Gasteiger partial charge in [0.05, 0.1) is 6.61 Å². The van der Waals surface area contributed by atoms with Gasteiger partial charge in [-0.2, -0.15) is 4.98 Å². The predicted molar refractivity (Wildman–Crippen MR) is 83.7 cm³/mol. The van der Waals surface area contributed by atoms with Crippen molar-refractivity contribution in [1.29, 1.82) is 0 Å². The Balaban J connectivity index is 1.50. The molecule has 22 heavy (non-hydrogen) atoms. The Morgan fingerprint density at radius 3 is 2.82 bits per heavy atom. The van der Waals surface area contributed by atoms with E-state index < -0.39 is 0 Å². The molecular weight excluding hydrogens is 278 g/mol. The summed E-state index contributed by atoms with van der Waals surface area (Å²) in [5, 5.41) is 17.0. The molecule has 5 nitrogen and oxygen atoms in total. The number of hydrogen-bond donors (Lipinski definition) is 2. The quantitative estimate of drug-likeness (QED) is 0.855. The van der Waals surface area contributed by atoms with Gasteiger partial charge in [0.25, 0.3) is 0 Å². The third-order valence-electron chi connectivity index (χ3n) is 4.29. The summed E-state index contributed by atoms with van der Waals surface area (Å²) in [5.41, 5.74) is 2.51. The fraction of sp³-hybridized carbons (Fsp3) is 0.529. The van der Waals surface area contributed by atoms with Crippen LogP contribution in [0.15, 0.2) is 28.8 Å². The Morgan fingerprint density at radius 1 is 1.36 bits per heavy atom. The van der Waals surface area contributed by atoms with Gasteiger partial charge in [0.15, 0.2) is 5.82 Å². The second-order valence-electron chi connectivity index (χ2n) is 6.28. The maximum absolute atomic E-state index is 9.61. The molecule has 2 aromatic rings. The summed E-state index contributed by atoms with van der Waals surface area (Å²) in [6.07, 6.45) is 2.83. The van der Waals surface area contributed by atoms with Gasteiger partial charge in [-0.25, -0.2) is 0 Å². The zero-order valence-electron chi connectivity index (χ0n) is 13.1. The molecule has 0 spiro atoms. The molecular formula is C17H23N3O2. The normalized spacial score (nSPS) is 22.3. The summed E-state index contributed by atoms with van der Waals surface area (Å²) in [5.74, 6) is 1.80. The van der Waals surface area contributed by atoms with Crippen molar-refractivity contribution in [2.24, 2.45) is 0 Å². The molecule has 1 aromatic heterocycles. The van der Waals surface area contributed by atoms with Crippen molar-refractivity contribution >= 4 is 0 Å². The van der Waals surface area contributed by atoms with Crippen molar-refractivity contribution in [2.75, 3.05) is 6.61 Å². The van der Waals surface area contributed by atoms with E-state index in [2.05, 4.69) is 46.6 Å². The first kappa shape index (κ1) is 15.2. The van der Waals surface area contributed by atoms with Gasteiger partial charge in [0.2, 0.25) is 5.89 Å². The molecule has 1 atom stereocenters. The lowest BCUT2D eigenvalue weighted by Gasteiger charge is -2.36. The second kappa shape index (κ2) is 6.58. The van der Waals surface area contributed by atoms with Crippen molar-refractivity contribution < 1.29 is 9.63 Å². The largest absolute Gasteiger partial charge is 0.395 e. The molecule has 3 rings (SSSR count). The third-order valence-corrected chi connectivity index (χ3v) is 4.29. The smallest absolute Gasteiger partial charge is 0.229 e. The zero-order valence-corrected chi connectivity index (χ0v) is 13.1. The van der Waals surface area contributed by atoms with E-state index in [1.165, 1.54) is 11.1 Å². The van der Waals surface area contributed by atoms with Crippen LogP contribution in [0.3, 0.4) is 0 Å². The molecule has 0 amide bonds. The van der Waals surface area contributed by atoms with E-state index in [9.17, 15) is 5.11 Å². The zero-order chi connectivity index (χ0) is 15.5. The van der Waals surface area contributed by atoms with Gasteiger partial charge in [-0.05, 0) is 38.7 Å². The standard InChI is InChI=1S/C17H23N3O2/c1-11-4-3-5-13(6-11)7-16(10-21)19-15-8-14(9-15)17-18-12(2)20-22-17/h3-6,14-16,19,21H,7-10H2,1-2H3. The van der Waals surface area contributed by atoms with Gasteiger partial charge in [-0.1, -0.05) is 35.0 Å². The van der Waals surface area contributed by atoms with Crippen LogP contribution in [0.4, 0.5) is 0 Å². The van der Waals surface area contributed by atoms with E-state index in [1.54, 1.807) is 0 Å². The average molecular weight is 301 g/mol. The van der Waals surface area contributed by atoms with Crippen molar-refractivity contribution in [3.8, 4) is 0 Å². The maximum atomic E-state index is 9.61. The Hall–Kier alpha value is -1.72. The highest BCUT2D eigenvalue weighted by Gasteiger charge is 2.35. The van der Waals surface area contributed by atoms with E-state index in [0.717, 1.165) is 25.2 Å². The molecule has 1 heterocycles. The van der Waals surface area contributed by atoms with Crippen LogP contribution in [0, 0.1) is 13.8 Å². The van der Waals surface area contributed by atoms with Crippen LogP contribution in [0.1, 0.15) is 41.6 Å². The summed E-state index contributed by atoms with van der Waals surface area (Å²) >= 11 is 0. The molecule has 1 aliphatic rings. The number of aliphatic hydroxyl groups is 1. The Bertz CT molecular complexity index is 620.